The first kappa shape index (κ1) is 15.1. The molecule has 2 aromatic carbocycles. The highest BCUT2D eigenvalue weighted by Crippen LogP contribution is 3.04. The van der Waals surface area contributed by atoms with Crippen LogP contribution in [0.4, 0.5) is 0 Å². The van der Waals surface area contributed by atoms with Gasteiger partial charge >= 0.3 is 0 Å². The maximum absolute atomic E-state index is 9.37. The predicted octanol–water partition coefficient (Wildman–Crippen LogP) is 4.75. The molecule has 0 aromatic heterocycles. The number of rotatable bonds is 2. The van der Waals surface area contributed by atoms with Gasteiger partial charge in [0.15, 0.2) is 0 Å². The summed E-state index contributed by atoms with van der Waals surface area (Å²) in [5.41, 5.74) is 1.25. The molecule has 0 amide bonds. The third-order valence-corrected chi connectivity index (χ3v) is 34.2. The average Bonchev–Trinajstić information content (AvgIpc) is 2.38. The molecular formula is C13H12OP2S4. The fourth-order valence-electron chi connectivity index (χ4n) is 1.84. The van der Waals surface area contributed by atoms with Gasteiger partial charge in [-0.15, -0.1) is 0 Å². The number of aryl methyl sites for hydroxylation is 1. The van der Waals surface area contributed by atoms with Crippen molar-refractivity contribution in [1.82, 2.24) is 0 Å². The second-order valence-electron chi connectivity index (χ2n) is 4.51. The van der Waals surface area contributed by atoms with Gasteiger partial charge in [0.05, 0.1) is 8.88 Å². The molecule has 0 aliphatic carbocycles. The summed E-state index contributed by atoms with van der Waals surface area (Å²) in [6, 6.07) is 15.8. The molecule has 20 heavy (non-hydrogen) atoms. The largest absolute Gasteiger partial charge is 0.508 e. The van der Waals surface area contributed by atoms with Gasteiger partial charge in [0, 0.05) is 10.6 Å². The van der Waals surface area contributed by atoms with E-state index in [0.717, 1.165) is 5.30 Å². The van der Waals surface area contributed by atoms with Crippen LogP contribution in [0.1, 0.15) is 5.56 Å². The van der Waals surface area contributed by atoms with E-state index >= 15 is 0 Å². The maximum atomic E-state index is 9.37. The van der Waals surface area contributed by atoms with Gasteiger partial charge < -0.3 is 5.11 Å². The number of phenols is 1. The van der Waals surface area contributed by atoms with Gasteiger partial charge in [0.2, 0.25) is 0 Å². The summed E-state index contributed by atoms with van der Waals surface area (Å²) in [5.74, 6) is 0.281. The second-order valence-corrected chi connectivity index (χ2v) is 25.8. The van der Waals surface area contributed by atoms with Gasteiger partial charge in [-0.1, -0.05) is 75.4 Å². The van der Waals surface area contributed by atoms with Gasteiger partial charge in [-0.3, -0.25) is 0 Å². The zero-order valence-electron chi connectivity index (χ0n) is 10.6. The Morgan fingerprint density at radius 3 is 1.65 bits per heavy atom. The Hall–Kier alpha value is 0.240. The minimum Gasteiger partial charge on any atom is -0.508 e. The second kappa shape index (κ2) is 5.46. The maximum Gasteiger partial charge on any atom is 0.115 e. The van der Waals surface area contributed by atoms with Gasteiger partial charge in [-0.05, 0) is 31.2 Å². The van der Waals surface area contributed by atoms with Crippen molar-refractivity contribution in [3.8, 4) is 5.75 Å². The zero-order chi connectivity index (χ0) is 14.4. The van der Waals surface area contributed by atoms with Crippen molar-refractivity contribution in [1.29, 1.82) is 0 Å². The monoisotopic (exact) mass is 374 g/mol. The molecule has 0 spiro atoms. The molecule has 3 rings (SSSR count). The number of hydrogen-bond acceptors (Lipinski definition) is 5. The lowest BCUT2D eigenvalue weighted by atomic mass is 10.2. The minimum absolute atomic E-state index is 0.281. The molecule has 0 radical (unpaired) electrons. The van der Waals surface area contributed by atoms with Crippen LogP contribution < -0.4 is 10.6 Å². The summed E-state index contributed by atoms with van der Waals surface area (Å²) in [5, 5.41) is 11.8. The first-order chi connectivity index (χ1) is 9.41. The summed E-state index contributed by atoms with van der Waals surface area (Å²) in [6.07, 6.45) is 0. The van der Waals surface area contributed by atoms with Gasteiger partial charge in [-0.25, -0.2) is 0 Å². The van der Waals surface area contributed by atoms with E-state index in [2.05, 4.69) is 31.2 Å². The van der Waals surface area contributed by atoms with Crippen molar-refractivity contribution < 1.29 is 5.11 Å². The topological polar surface area (TPSA) is 20.2 Å². The molecule has 0 saturated carbocycles. The Morgan fingerprint density at radius 2 is 1.20 bits per heavy atom. The van der Waals surface area contributed by atoms with Gasteiger partial charge in [0.1, 0.15) is 5.75 Å². The predicted molar refractivity (Wildman–Crippen MR) is 102 cm³/mol. The fraction of sp³-hybridized carbons (Fsp3) is 0.0769. The smallest absolute Gasteiger partial charge is 0.115 e. The standard InChI is InChI=1S/C13H12OP2S4/c1-10-2-6-12(7-3-10)15(17)19-16(18,20-15)13-8-4-11(14)5-9-13/h2-9,14H,1H3. The van der Waals surface area contributed by atoms with E-state index in [1.165, 1.54) is 10.9 Å². The third-order valence-electron chi connectivity index (χ3n) is 2.95. The lowest BCUT2D eigenvalue weighted by Gasteiger charge is -2.40. The first-order valence-electron chi connectivity index (χ1n) is 5.91. The molecule has 1 fully saturated rings. The molecule has 1 saturated heterocycles. The minimum atomic E-state index is -1.66. The molecule has 1 N–H and O–H groups in total. The van der Waals surface area contributed by atoms with E-state index in [0.29, 0.717) is 0 Å². The lowest BCUT2D eigenvalue weighted by molar-refractivity contribution is 0.475. The van der Waals surface area contributed by atoms with Crippen LogP contribution in [0.5, 0.6) is 5.75 Å². The van der Waals surface area contributed by atoms with Crippen LogP contribution in [0.2, 0.25) is 0 Å². The Kier molecular flexibility index (Phi) is 4.14. The summed E-state index contributed by atoms with van der Waals surface area (Å²) >= 11 is 15.4. The Balaban J connectivity index is 1.86. The fourth-order valence-corrected chi connectivity index (χ4v) is 44.1. The van der Waals surface area contributed by atoms with Crippen LogP contribution in [-0.4, -0.2) is 5.11 Å². The van der Waals surface area contributed by atoms with E-state index < -0.39 is 8.88 Å². The van der Waals surface area contributed by atoms with E-state index in [1.54, 1.807) is 12.1 Å². The van der Waals surface area contributed by atoms with E-state index in [-0.39, 0.29) is 5.75 Å². The third kappa shape index (κ3) is 2.77. The highest BCUT2D eigenvalue weighted by molar-refractivity contribution is 9.48. The van der Waals surface area contributed by atoms with E-state index in [4.69, 9.17) is 23.6 Å². The number of benzene rings is 2. The quantitative estimate of drug-likeness (QED) is 0.763. The molecule has 0 unspecified atom stereocenters. The molecule has 0 bridgehead atoms. The van der Waals surface area contributed by atoms with Crippen LogP contribution >= 0.6 is 30.9 Å². The molecule has 1 aliphatic rings. The van der Waals surface area contributed by atoms with Gasteiger partial charge in [0.25, 0.3) is 0 Å². The summed E-state index contributed by atoms with van der Waals surface area (Å²) in [6.45, 7) is 2.08. The SMILES string of the molecule is Cc1ccc(P2(=S)SP(=S)(c3ccc(O)cc3)S2)cc1. The Morgan fingerprint density at radius 1 is 0.800 bits per heavy atom. The normalized spacial score (nSPS) is 28.9. The molecule has 7 heteroatoms. The molecule has 104 valence electrons. The average molecular weight is 374 g/mol. The molecule has 1 nitrogen and oxygen atoms in total. The van der Waals surface area contributed by atoms with Crippen molar-refractivity contribution in [2.45, 2.75) is 6.92 Å². The van der Waals surface area contributed by atoms with Gasteiger partial charge in [-0.2, -0.15) is 0 Å². The summed E-state index contributed by atoms with van der Waals surface area (Å²) in [7, 11) is 0. The number of phenolic OH excluding ortho intramolecular Hbond substituents is 1. The van der Waals surface area contributed by atoms with Crippen molar-refractivity contribution >= 4 is 65.1 Å². The molecule has 1 heterocycles. The summed E-state index contributed by atoms with van der Waals surface area (Å²) < 4.78 is -3.28. The van der Waals surface area contributed by atoms with Crippen LogP contribution in [0.3, 0.4) is 0 Å². The van der Waals surface area contributed by atoms with Crippen molar-refractivity contribution in [3.63, 3.8) is 0 Å². The van der Waals surface area contributed by atoms with E-state index in [9.17, 15) is 5.11 Å². The van der Waals surface area contributed by atoms with Crippen LogP contribution in [-0.2, 0) is 23.6 Å². The van der Waals surface area contributed by atoms with Crippen molar-refractivity contribution in [2.24, 2.45) is 0 Å². The highest BCUT2D eigenvalue weighted by atomic mass is 33.7. The Labute approximate surface area is 136 Å². The number of aromatic hydroxyl groups is 1. The highest BCUT2D eigenvalue weighted by Gasteiger charge is 2.45. The Bertz CT molecular complexity index is 662. The molecule has 1 aliphatic heterocycles. The van der Waals surface area contributed by atoms with Crippen LogP contribution in [0.25, 0.3) is 0 Å². The molecule has 2 aromatic rings. The van der Waals surface area contributed by atoms with Crippen LogP contribution in [0.15, 0.2) is 48.5 Å². The van der Waals surface area contributed by atoms with Crippen molar-refractivity contribution in [2.75, 3.05) is 0 Å². The van der Waals surface area contributed by atoms with Crippen LogP contribution in [0, 0.1) is 6.92 Å². The number of hydrogen-bond donors (Lipinski definition) is 1. The lowest BCUT2D eigenvalue weighted by Crippen LogP contribution is -2.08. The first-order valence-corrected chi connectivity index (χ1v) is 15.6. The summed E-state index contributed by atoms with van der Waals surface area (Å²) in [4.78, 5) is 0. The molecular weight excluding hydrogens is 362 g/mol. The van der Waals surface area contributed by atoms with E-state index in [1.807, 2.05) is 34.1 Å². The van der Waals surface area contributed by atoms with Crippen molar-refractivity contribution in [3.05, 3.63) is 54.1 Å². The molecule has 0 atom stereocenters. The zero-order valence-corrected chi connectivity index (χ0v) is 15.6.